The molecular formula is C21H26N6O2S. The van der Waals surface area contributed by atoms with Crippen molar-refractivity contribution in [3.63, 3.8) is 0 Å². The van der Waals surface area contributed by atoms with Gasteiger partial charge < -0.3 is 10.2 Å². The van der Waals surface area contributed by atoms with Crippen molar-refractivity contribution in [3.05, 3.63) is 46.4 Å². The largest absolute Gasteiger partial charge is 0.356 e. The molecule has 1 N–H and O–H groups in total. The monoisotopic (exact) mass is 426 g/mol. The van der Waals surface area contributed by atoms with E-state index in [1.165, 1.54) is 11.8 Å². The lowest BCUT2D eigenvalue weighted by atomic mass is 10.2. The highest BCUT2D eigenvalue weighted by Gasteiger charge is 2.29. The van der Waals surface area contributed by atoms with E-state index in [9.17, 15) is 9.59 Å². The zero-order valence-corrected chi connectivity index (χ0v) is 18.3. The minimum atomic E-state index is -0.190. The van der Waals surface area contributed by atoms with Crippen LogP contribution in [0.5, 0.6) is 0 Å². The Hall–Kier alpha value is -2.65. The van der Waals surface area contributed by atoms with E-state index in [0.717, 1.165) is 24.2 Å². The first kappa shape index (κ1) is 20.6. The summed E-state index contributed by atoms with van der Waals surface area (Å²) in [5.41, 5.74) is 2.38. The second-order valence-corrected chi connectivity index (χ2v) is 8.81. The highest BCUT2D eigenvalue weighted by molar-refractivity contribution is 7.99. The quantitative estimate of drug-likeness (QED) is 0.459. The number of nitrogens with zero attached hydrogens (tertiary/aromatic N) is 5. The molecule has 8 nitrogen and oxygen atoms in total. The Kier molecular flexibility index (Phi) is 5.92. The Morgan fingerprint density at radius 3 is 2.90 bits per heavy atom. The standard InChI is InChI=1S/C21H26N6O2S/c1-14-7-4-5-8-17(14)27-19-16(12-23-27)20(29)26-15(13-30-21(26)24-19)11-18(28)22-9-6-10-25(2)3/h4-5,7-8,12,15H,6,9-11,13H2,1-3H3,(H,22,28). The predicted octanol–water partition coefficient (Wildman–Crippen LogP) is 2.00. The smallest absolute Gasteiger partial charge is 0.265 e. The molecule has 1 amide bonds. The number of hydrogen-bond acceptors (Lipinski definition) is 6. The van der Waals surface area contributed by atoms with Crippen LogP contribution in [0.3, 0.4) is 0 Å². The van der Waals surface area contributed by atoms with Crippen molar-refractivity contribution in [2.45, 2.75) is 31.0 Å². The molecule has 0 spiro atoms. The van der Waals surface area contributed by atoms with Gasteiger partial charge in [0.25, 0.3) is 5.56 Å². The first-order valence-corrected chi connectivity index (χ1v) is 11.0. The molecule has 2 aromatic heterocycles. The highest BCUT2D eigenvalue weighted by atomic mass is 32.2. The molecule has 0 saturated carbocycles. The topological polar surface area (TPSA) is 85.0 Å². The maximum atomic E-state index is 13.2. The zero-order chi connectivity index (χ0) is 21.3. The molecule has 9 heteroatoms. The fourth-order valence-corrected chi connectivity index (χ4v) is 4.80. The minimum absolute atomic E-state index is 0.0326. The summed E-state index contributed by atoms with van der Waals surface area (Å²) < 4.78 is 3.38. The lowest BCUT2D eigenvalue weighted by Gasteiger charge is -2.14. The maximum absolute atomic E-state index is 13.2. The predicted molar refractivity (Wildman–Crippen MR) is 118 cm³/mol. The number of rotatable bonds is 7. The van der Waals surface area contributed by atoms with Crippen LogP contribution in [0.4, 0.5) is 0 Å². The lowest BCUT2D eigenvalue weighted by Crippen LogP contribution is -2.32. The number of para-hydroxylation sites is 1. The van der Waals surface area contributed by atoms with Gasteiger partial charge in [-0.15, -0.1) is 0 Å². The SMILES string of the molecule is Cc1ccccc1-n1ncc2c(=O)n3c(nc21)SCC3CC(=O)NCCCN(C)C. The second-order valence-electron chi connectivity index (χ2n) is 7.83. The Morgan fingerprint density at radius 1 is 1.33 bits per heavy atom. The van der Waals surface area contributed by atoms with Gasteiger partial charge in [-0.3, -0.25) is 14.2 Å². The van der Waals surface area contributed by atoms with Crippen LogP contribution in [0, 0.1) is 6.92 Å². The number of amides is 1. The molecule has 1 atom stereocenters. The number of benzene rings is 1. The normalized spacial score (nSPS) is 15.7. The molecule has 3 aromatic rings. The third kappa shape index (κ3) is 3.99. The molecule has 0 saturated heterocycles. The molecular weight excluding hydrogens is 400 g/mol. The van der Waals surface area contributed by atoms with E-state index in [-0.39, 0.29) is 23.9 Å². The lowest BCUT2D eigenvalue weighted by molar-refractivity contribution is -0.121. The molecule has 30 heavy (non-hydrogen) atoms. The Morgan fingerprint density at radius 2 is 2.13 bits per heavy atom. The van der Waals surface area contributed by atoms with Crippen molar-refractivity contribution >= 4 is 28.7 Å². The van der Waals surface area contributed by atoms with Gasteiger partial charge in [0, 0.05) is 18.7 Å². The number of hydrogen-bond donors (Lipinski definition) is 1. The van der Waals surface area contributed by atoms with E-state index in [0.29, 0.717) is 28.5 Å². The van der Waals surface area contributed by atoms with Crippen molar-refractivity contribution in [2.75, 3.05) is 32.9 Å². The Balaban J connectivity index is 1.57. The van der Waals surface area contributed by atoms with Crippen LogP contribution in [0.15, 0.2) is 40.4 Å². The average molecular weight is 427 g/mol. The number of carbonyl (C=O) groups is 1. The van der Waals surface area contributed by atoms with Crippen LogP contribution in [0.1, 0.15) is 24.4 Å². The maximum Gasteiger partial charge on any atom is 0.265 e. The molecule has 1 aromatic carbocycles. The number of carbonyl (C=O) groups excluding carboxylic acids is 1. The van der Waals surface area contributed by atoms with Crippen molar-refractivity contribution in [3.8, 4) is 5.69 Å². The molecule has 1 aliphatic heterocycles. The summed E-state index contributed by atoms with van der Waals surface area (Å²) in [4.78, 5) is 32.4. The number of nitrogens with one attached hydrogen (secondary N) is 1. The molecule has 0 bridgehead atoms. The summed E-state index contributed by atoms with van der Waals surface area (Å²) in [6.07, 6.45) is 2.75. The summed E-state index contributed by atoms with van der Waals surface area (Å²) in [6, 6.07) is 7.69. The van der Waals surface area contributed by atoms with Crippen molar-refractivity contribution in [1.82, 2.24) is 29.5 Å². The summed E-state index contributed by atoms with van der Waals surface area (Å²) in [5.74, 6) is 0.632. The van der Waals surface area contributed by atoms with Gasteiger partial charge >= 0.3 is 0 Å². The number of thioether (sulfide) groups is 1. The Labute approximate surface area is 179 Å². The average Bonchev–Trinajstić information content (AvgIpc) is 3.31. The molecule has 0 radical (unpaired) electrons. The van der Waals surface area contributed by atoms with Gasteiger partial charge in [0.2, 0.25) is 5.91 Å². The van der Waals surface area contributed by atoms with Crippen LogP contribution in [0.2, 0.25) is 0 Å². The number of aryl methyl sites for hydroxylation is 1. The van der Waals surface area contributed by atoms with Gasteiger partial charge in [-0.2, -0.15) is 5.10 Å². The number of fused-ring (bicyclic) bond motifs is 2. The van der Waals surface area contributed by atoms with E-state index in [1.807, 2.05) is 45.3 Å². The fourth-order valence-electron chi connectivity index (χ4n) is 3.67. The highest BCUT2D eigenvalue weighted by Crippen LogP contribution is 2.33. The van der Waals surface area contributed by atoms with Gasteiger partial charge in [0.05, 0.1) is 17.9 Å². The van der Waals surface area contributed by atoms with Gasteiger partial charge in [-0.05, 0) is 45.6 Å². The van der Waals surface area contributed by atoms with Crippen molar-refractivity contribution < 1.29 is 4.79 Å². The summed E-state index contributed by atoms with van der Waals surface area (Å²) in [6.45, 7) is 3.57. The molecule has 1 unspecified atom stereocenters. The van der Waals surface area contributed by atoms with E-state index >= 15 is 0 Å². The van der Waals surface area contributed by atoms with Crippen LogP contribution in [-0.2, 0) is 4.79 Å². The molecule has 0 fully saturated rings. The van der Waals surface area contributed by atoms with Gasteiger partial charge in [-0.25, -0.2) is 9.67 Å². The van der Waals surface area contributed by atoms with E-state index in [4.69, 9.17) is 4.98 Å². The van der Waals surface area contributed by atoms with Gasteiger partial charge in [-0.1, -0.05) is 30.0 Å². The molecule has 158 valence electrons. The zero-order valence-electron chi connectivity index (χ0n) is 17.5. The third-order valence-electron chi connectivity index (χ3n) is 5.24. The van der Waals surface area contributed by atoms with Crippen LogP contribution in [-0.4, -0.2) is 63.1 Å². The summed E-state index contributed by atoms with van der Waals surface area (Å²) in [5, 5.41) is 8.50. The van der Waals surface area contributed by atoms with Gasteiger partial charge in [0.15, 0.2) is 10.8 Å². The third-order valence-corrected chi connectivity index (χ3v) is 6.34. The van der Waals surface area contributed by atoms with Crippen molar-refractivity contribution in [1.29, 1.82) is 0 Å². The molecule has 0 aliphatic carbocycles. The van der Waals surface area contributed by atoms with E-state index in [2.05, 4.69) is 15.3 Å². The fraction of sp³-hybridized carbons (Fsp3) is 0.429. The first-order chi connectivity index (χ1) is 14.5. The minimum Gasteiger partial charge on any atom is -0.356 e. The molecule has 1 aliphatic rings. The van der Waals surface area contributed by atoms with E-state index < -0.39 is 0 Å². The second kappa shape index (κ2) is 8.61. The summed E-state index contributed by atoms with van der Waals surface area (Å²) >= 11 is 1.51. The van der Waals surface area contributed by atoms with Gasteiger partial charge in [0.1, 0.15) is 5.39 Å². The van der Waals surface area contributed by atoms with E-state index in [1.54, 1.807) is 15.4 Å². The van der Waals surface area contributed by atoms with Crippen LogP contribution >= 0.6 is 11.8 Å². The summed E-state index contributed by atoms with van der Waals surface area (Å²) in [7, 11) is 4.02. The molecule has 3 heterocycles. The number of aromatic nitrogens is 4. The molecule has 4 rings (SSSR count). The first-order valence-electron chi connectivity index (χ1n) is 10.1. The van der Waals surface area contributed by atoms with Crippen molar-refractivity contribution in [2.24, 2.45) is 0 Å². The Bertz CT molecular complexity index is 1140. The van der Waals surface area contributed by atoms with Crippen LogP contribution < -0.4 is 10.9 Å². The van der Waals surface area contributed by atoms with Crippen LogP contribution in [0.25, 0.3) is 16.7 Å².